The second kappa shape index (κ2) is 15.7. The maximum absolute atomic E-state index is 12.9. The lowest BCUT2D eigenvalue weighted by Crippen LogP contribution is -2.58. The lowest BCUT2D eigenvalue weighted by molar-refractivity contribution is -0.143. The molecular formula is C27H43N5O6. The molecule has 0 fully saturated rings. The van der Waals surface area contributed by atoms with Crippen LogP contribution in [0.3, 0.4) is 0 Å². The van der Waals surface area contributed by atoms with Crippen molar-refractivity contribution in [3.8, 4) is 0 Å². The van der Waals surface area contributed by atoms with Gasteiger partial charge in [-0.15, -0.1) is 0 Å². The molecule has 6 atom stereocenters. The van der Waals surface area contributed by atoms with E-state index >= 15 is 0 Å². The first kappa shape index (κ1) is 32.6. The van der Waals surface area contributed by atoms with Crippen molar-refractivity contribution in [1.82, 2.24) is 21.3 Å². The number of amides is 4. The van der Waals surface area contributed by atoms with Crippen LogP contribution in [0.4, 0.5) is 0 Å². The number of hydrogen-bond acceptors (Lipinski definition) is 6. The number of carboxylic acid groups (broad SMARTS) is 1. The number of hydrogen-bond donors (Lipinski definition) is 6. The van der Waals surface area contributed by atoms with Crippen molar-refractivity contribution in [2.75, 3.05) is 0 Å². The zero-order chi connectivity index (χ0) is 29.0. The van der Waals surface area contributed by atoms with Gasteiger partial charge in [-0.1, -0.05) is 64.4 Å². The summed E-state index contributed by atoms with van der Waals surface area (Å²) < 4.78 is 0. The number of carbonyl (C=O) groups excluding carboxylic acids is 4. The van der Waals surface area contributed by atoms with Crippen LogP contribution in [0.2, 0.25) is 0 Å². The molecule has 11 heteroatoms. The van der Waals surface area contributed by atoms with E-state index in [1.807, 2.05) is 51.1 Å². The molecule has 0 aromatic heterocycles. The SMILES string of the molecule is CC[C@H](C)[C@H](NC(=O)[C@H](C)NC(=O)[C@H](C)NC(=O)[C@@H](N)Cc1ccccc1)C(=O)N[C@@H](CC(C)C)C(=O)O. The Kier molecular flexibility index (Phi) is 13.5. The molecule has 4 amide bonds. The molecule has 212 valence electrons. The summed E-state index contributed by atoms with van der Waals surface area (Å²) in [5.74, 6) is -3.72. The third-order valence-electron chi connectivity index (χ3n) is 6.25. The summed E-state index contributed by atoms with van der Waals surface area (Å²) in [5, 5.41) is 19.7. The van der Waals surface area contributed by atoms with Crippen LogP contribution < -0.4 is 27.0 Å². The fourth-order valence-corrected chi connectivity index (χ4v) is 3.69. The number of carboxylic acids is 1. The van der Waals surface area contributed by atoms with Crippen LogP contribution in [-0.2, 0) is 30.4 Å². The van der Waals surface area contributed by atoms with Gasteiger partial charge in [0.15, 0.2) is 0 Å². The Morgan fingerprint density at radius 1 is 0.789 bits per heavy atom. The van der Waals surface area contributed by atoms with Gasteiger partial charge in [-0.3, -0.25) is 19.2 Å². The van der Waals surface area contributed by atoms with E-state index in [1.54, 1.807) is 6.92 Å². The predicted molar refractivity (Wildman–Crippen MR) is 144 cm³/mol. The zero-order valence-corrected chi connectivity index (χ0v) is 23.1. The number of aliphatic carboxylic acids is 1. The number of rotatable bonds is 15. The van der Waals surface area contributed by atoms with Crippen molar-refractivity contribution in [3.05, 3.63) is 35.9 Å². The average molecular weight is 534 g/mol. The number of nitrogens with one attached hydrogen (secondary N) is 4. The second-order valence-corrected chi connectivity index (χ2v) is 10.2. The standard InChI is InChI=1S/C27H43N5O6/c1-7-16(4)22(26(36)31-21(27(37)38)13-15(2)3)32-24(34)18(6)29-23(33)17(5)30-25(35)20(28)14-19-11-9-8-10-12-19/h8-12,15-18,20-22H,7,13-14,28H2,1-6H3,(H,29,33)(H,30,35)(H,31,36)(H,32,34)(H,37,38)/t16-,17-,18-,20-,21-,22-/m0/s1. The van der Waals surface area contributed by atoms with Crippen LogP contribution in [0.1, 0.15) is 59.9 Å². The summed E-state index contributed by atoms with van der Waals surface area (Å²) in [6, 6.07) is 4.33. The highest BCUT2D eigenvalue weighted by atomic mass is 16.4. The molecule has 0 heterocycles. The number of carbonyl (C=O) groups is 5. The number of nitrogens with two attached hydrogens (primary N) is 1. The van der Waals surface area contributed by atoms with Crippen LogP contribution in [0, 0.1) is 11.8 Å². The van der Waals surface area contributed by atoms with E-state index in [1.165, 1.54) is 13.8 Å². The molecule has 0 saturated heterocycles. The van der Waals surface area contributed by atoms with E-state index in [0.717, 1.165) is 5.56 Å². The smallest absolute Gasteiger partial charge is 0.326 e. The number of benzene rings is 1. The lowest BCUT2D eigenvalue weighted by Gasteiger charge is -2.27. The summed E-state index contributed by atoms with van der Waals surface area (Å²) >= 11 is 0. The summed E-state index contributed by atoms with van der Waals surface area (Å²) in [6.07, 6.45) is 1.10. The first-order valence-corrected chi connectivity index (χ1v) is 13.0. The summed E-state index contributed by atoms with van der Waals surface area (Å²) in [7, 11) is 0. The Balaban J connectivity index is 2.73. The molecule has 11 nitrogen and oxygen atoms in total. The van der Waals surface area contributed by atoms with E-state index in [2.05, 4.69) is 21.3 Å². The molecule has 1 rings (SSSR count). The van der Waals surface area contributed by atoms with E-state index in [9.17, 15) is 29.1 Å². The van der Waals surface area contributed by atoms with Gasteiger partial charge >= 0.3 is 5.97 Å². The molecular weight excluding hydrogens is 490 g/mol. The molecule has 0 aliphatic heterocycles. The summed E-state index contributed by atoms with van der Waals surface area (Å²) in [5.41, 5.74) is 6.85. The topological polar surface area (TPSA) is 180 Å². The normalized spacial score (nSPS) is 15.8. The molecule has 7 N–H and O–H groups in total. The fraction of sp³-hybridized carbons (Fsp3) is 0.593. The molecule has 0 unspecified atom stereocenters. The Bertz CT molecular complexity index is 955. The molecule has 0 aliphatic rings. The third-order valence-corrected chi connectivity index (χ3v) is 6.25. The lowest BCUT2D eigenvalue weighted by atomic mass is 9.96. The van der Waals surface area contributed by atoms with E-state index < -0.39 is 59.8 Å². The second-order valence-electron chi connectivity index (χ2n) is 10.2. The van der Waals surface area contributed by atoms with Crippen molar-refractivity contribution in [2.24, 2.45) is 17.6 Å². The van der Waals surface area contributed by atoms with Crippen molar-refractivity contribution < 1.29 is 29.1 Å². The molecule has 0 spiro atoms. The molecule has 38 heavy (non-hydrogen) atoms. The van der Waals surface area contributed by atoms with Crippen LogP contribution in [0.25, 0.3) is 0 Å². The van der Waals surface area contributed by atoms with Gasteiger partial charge in [-0.25, -0.2) is 4.79 Å². The minimum absolute atomic E-state index is 0.0404. The van der Waals surface area contributed by atoms with Gasteiger partial charge in [0, 0.05) is 0 Å². The van der Waals surface area contributed by atoms with Crippen LogP contribution in [0.15, 0.2) is 30.3 Å². The predicted octanol–water partition coefficient (Wildman–Crippen LogP) is 0.712. The van der Waals surface area contributed by atoms with Crippen LogP contribution >= 0.6 is 0 Å². The van der Waals surface area contributed by atoms with Gasteiger partial charge in [0.1, 0.15) is 24.2 Å². The van der Waals surface area contributed by atoms with Gasteiger partial charge < -0.3 is 32.1 Å². The van der Waals surface area contributed by atoms with E-state index in [-0.39, 0.29) is 18.3 Å². The van der Waals surface area contributed by atoms with Gasteiger partial charge in [0.2, 0.25) is 23.6 Å². The minimum Gasteiger partial charge on any atom is -0.480 e. The highest BCUT2D eigenvalue weighted by Gasteiger charge is 2.32. The van der Waals surface area contributed by atoms with E-state index in [0.29, 0.717) is 12.8 Å². The van der Waals surface area contributed by atoms with Crippen molar-refractivity contribution in [2.45, 2.75) is 91.0 Å². The molecule has 0 bridgehead atoms. The maximum Gasteiger partial charge on any atom is 0.326 e. The summed E-state index contributed by atoms with van der Waals surface area (Å²) in [6.45, 7) is 10.2. The molecule has 0 saturated carbocycles. The van der Waals surface area contributed by atoms with Crippen LogP contribution in [0.5, 0.6) is 0 Å². The quantitative estimate of drug-likeness (QED) is 0.192. The zero-order valence-electron chi connectivity index (χ0n) is 23.1. The van der Waals surface area contributed by atoms with Gasteiger partial charge in [-0.05, 0) is 44.1 Å². The monoisotopic (exact) mass is 533 g/mol. The van der Waals surface area contributed by atoms with Gasteiger partial charge in [0.05, 0.1) is 6.04 Å². The Morgan fingerprint density at radius 3 is 1.82 bits per heavy atom. The van der Waals surface area contributed by atoms with E-state index in [4.69, 9.17) is 5.73 Å². The highest BCUT2D eigenvalue weighted by molar-refractivity contribution is 5.95. The third kappa shape index (κ3) is 10.9. The Hall–Kier alpha value is -3.47. The maximum atomic E-state index is 12.9. The molecule has 0 radical (unpaired) electrons. The fourth-order valence-electron chi connectivity index (χ4n) is 3.69. The van der Waals surface area contributed by atoms with Crippen molar-refractivity contribution in [3.63, 3.8) is 0 Å². The van der Waals surface area contributed by atoms with Gasteiger partial charge in [-0.2, -0.15) is 0 Å². The molecule has 1 aromatic carbocycles. The first-order chi connectivity index (χ1) is 17.8. The van der Waals surface area contributed by atoms with Gasteiger partial charge in [0.25, 0.3) is 0 Å². The molecule has 0 aliphatic carbocycles. The minimum atomic E-state index is -1.15. The highest BCUT2D eigenvalue weighted by Crippen LogP contribution is 2.11. The first-order valence-electron chi connectivity index (χ1n) is 13.0. The Labute approximate surface area is 224 Å². The largest absolute Gasteiger partial charge is 0.480 e. The van der Waals surface area contributed by atoms with Crippen molar-refractivity contribution >= 4 is 29.6 Å². The molecule has 1 aromatic rings. The van der Waals surface area contributed by atoms with Crippen LogP contribution in [-0.4, -0.2) is 64.9 Å². The van der Waals surface area contributed by atoms with Crippen molar-refractivity contribution in [1.29, 1.82) is 0 Å². The summed E-state index contributed by atoms with van der Waals surface area (Å²) in [4.78, 5) is 62.4. The average Bonchev–Trinajstić information content (AvgIpc) is 2.86. The Morgan fingerprint density at radius 2 is 1.32 bits per heavy atom.